The van der Waals surface area contributed by atoms with E-state index in [1.165, 1.54) is 241 Å². The molecule has 16 rings (SSSR count). The fourth-order valence-corrected chi connectivity index (χ4v) is 20.3. The lowest BCUT2D eigenvalue weighted by atomic mass is 9.69. The van der Waals surface area contributed by atoms with Crippen molar-refractivity contribution in [2.45, 2.75) is 237 Å². The second-order valence-corrected chi connectivity index (χ2v) is 34.0. The molecule has 1 nitrogen and oxygen atoms in total. The first kappa shape index (κ1) is 72.9. The molecule has 5 aliphatic carbocycles. The molecule has 0 fully saturated rings. The normalized spacial score (nSPS) is 14.8. The van der Waals surface area contributed by atoms with Crippen LogP contribution in [-0.4, -0.2) is 0 Å². The van der Waals surface area contributed by atoms with E-state index in [-0.39, 0.29) is 16.2 Å². The zero-order valence-corrected chi connectivity index (χ0v) is 66.0. The van der Waals surface area contributed by atoms with Gasteiger partial charge in [0.1, 0.15) is 0 Å². The molecule has 0 spiro atoms. The minimum atomic E-state index is -0.131. The zero-order chi connectivity index (χ0) is 73.9. The molecular formula is C107H115N. The summed E-state index contributed by atoms with van der Waals surface area (Å²) >= 11 is 0. The molecular weight excluding hydrogens is 1300 g/mol. The number of unbranched alkanes of at least 4 members (excludes halogenated alkanes) is 12. The lowest BCUT2D eigenvalue weighted by Gasteiger charge is -2.34. The van der Waals surface area contributed by atoms with Crippen molar-refractivity contribution < 1.29 is 0 Å². The SMILES string of the molecule is C=CCCCCCCC1(CCCCCCC=C)c2cc(-c3ccc(N(c4ccc(-c5ccc6c(c5)C(C)(C)c5cc(C)ccc5-6)cc4)c4ccc(C(C)CC)cc4)cc3)ccc2-c2ccc(-c3ccc4c(c3)C(CCCCCc3cccc5c3CC5)(CCCCCc3cccc5c3CC5)c3cc(C)ccc3-4)cc21. The van der Waals surface area contributed by atoms with Gasteiger partial charge in [0.2, 0.25) is 0 Å². The number of benzene rings is 11. The number of rotatable bonds is 34. The van der Waals surface area contributed by atoms with Crippen molar-refractivity contribution in [3.05, 3.63) is 327 Å². The van der Waals surface area contributed by atoms with Gasteiger partial charge in [-0.1, -0.05) is 273 Å². The minimum Gasteiger partial charge on any atom is -0.311 e. The Morgan fingerprint density at radius 3 is 1.08 bits per heavy atom. The third kappa shape index (κ3) is 14.1. The average Bonchev–Trinajstić information content (AvgIpc) is 1.57. The summed E-state index contributed by atoms with van der Waals surface area (Å²) in [6.45, 7) is 22.2. The highest BCUT2D eigenvalue weighted by Gasteiger charge is 2.45. The highest BCUT2D eigenvalue weighted by atomic mass is 15.1. The van der Waals surface area contributed by atoms with E-state index in [2.05, 4.69) is 290 Å². The maximum atomic E-state index is 4.12. The highest BCUT2D eigenvalue weighted by Crippen LogP contribution is 2.59. The Kier molecular flexibility index (Phi) is 21.4. The number of allylic oxidation sites excluding steroid dienone is 2. The van der Waals surface area contributed by atoms with Gasteiger partial charge in [-0.2, -0.15) is 0 Å². The second-order valence-electron chi connectivity index (χ2n) is 34.0. The molecule has 5 aliphatic rings. The third-order valence-electron chi connectivity index (χ3n) is 26.9. The van der Waals surface area contributed by atoms with E-state index in [1.54, 1.807) is 50.1 Å². The molecule has 1 unspecified atom stereocenters. The fraction of sp³-hybridized carbons (Fsp3) is 0.346. The van der Waals surface area contributed by atoms with Gasteiger partial charge in [-0.3, -0.25) is 0 Å². The number of aryl methyl sites for hydroxylation is 6. The number of anilines is 3. The highest BCUT2D eigenvalue weighted by molar-refractivity contribution is 5.90. The monoisotopic (exact) mass is 1410 g/mol. The van der Waals surface area contributed by atoms with E-state index in [9.17, 15) is 0 Å². The van der Waals surface area contributed by atoms with Gasteiger partial charge < -0.3 is 4.90 Å². The largest absolute Gasteiger partial charge is 0.311 e. The quantitative estimate of drug-likeness (QED) is 0.0287. The van der Waals surface area contributed by atoms with Crippen LogP contribution in [0.5, 0.6) is 0 Å². The lowest BCUT2D eigenvalue weighted by Crippen LogP contribution is -2.26. The zero-order valence-electron chi connectivity index (χ0n) is 66.0. The fourth-order valence-electron chi connectivity index (χ4n) is 20.3. The smallest absolute Gasteiger partial charge is 0.0462 e. The Bertz CT molecular complexity index is 5000. The van der Waals surface area contributed by atoms with Crippen LogP contribution >= 0.6 is 0 Å². The number of hydrogen-bond acceptors (Lipinski definition) is 1. The molecule has 108 heavy (non-hydrogen) atoms. The topological polar surface area (TPSA) is 3.24 Å². The predicted octanol–water partition coefficient (Wildman–Crippen LogP) is 30.0. The van der Waals surface area contributed by atoms with Gasteiger partial charge in [0.15, 0.2) is 0 Å². The van der Waals surface area contributed by atoms with Crippen LogP contribution in [0, 0.1) is 13.8 Å². The molecule has 0 N–H and O–H groups in total. The summed E-state index contributed by atoms with van der Waals surface area (Å²) in [6, 6.07) is 87.2. The summed E-state index contributed by atoms with van der Waals surface area (Å²) in [5.74, 6) is 0.498. The van der Waals surface area contributed by atoms with Crippen LogP contribution < -0.4 is 4.90 Å². The first-order valence-corrected chi connectivity index (χ1v) is 42.2. The van der Waals surface area contributed by atoms with Gasteiger partial charge in [-0.15, -0.1) is 13.2 Å². The number of fused-ring (bicyclic) bond motifs is 11. The van der Waals surface area contributed by atoms with E-state index in [0.29, 0.717) is 5.92 Å². The van der Waals surface area contributed by atoms with Gasteiger partial charge in [-0.05, 0) is 329 Å². The molecule has 548 valence electrons. The molecule has 1 heteroatoms. The van der Waals surface area contributed by atoms with Crippen LogP contribution in [0.2, 0.25) is 0 Å². The molecule has 0 heterocycles. The van der Waals surface area contributed by atoms with Crippen LogP contribution in [-0.2, 0) is 54.8 Å². The van der Waals surface area contributed by atoms with Gasteiger partial charge in [0.05, 0.1) is 0 Å². The second kappa shape index (κ2) is 31.7. The van der Waals surface area contributed by atoms with Crippen molar-refractivity contribution in [1.29, 1.82) is 0 Å². The molecule has 0 aromatic heterocycles. The molecule has 0 saturated heterocycles. The molecule has 0 saturated carbocycles. The average molecular weight is 1420 g/mol. The molecule has 0 radical (unpaired) electrons. The Hall–Kier alpha value is -9.30. The Balaban J connectivity index is 0.736. The Morgan fingerprint density at radius 1 is 0.352 bits per heavy atom. The third-order valence-corrected chi connectivity index (χ3v) is 26.9. The standard InChI is InChI=1S/C107H115N/c1-9-12-14-16-18-24-64-107(65-25-19-17-15-13-10-2)102-71-85(79-42-54-90(55-43-79)108(88-50-38-77(39-51-88)76(6)11-3)89-52-40-78(41-53-89)84-46-60-94-93-56-36-74(4)68-99(93)105(7,8)100(94)70-84)47-61-97(102)98-63-49-87(73-104(98)107)86-48-62-96-95-57-37-75(5)69-101(95)106(103(96)72-86,66-26-20-22-30-80-32-28-34-82-44-58-91(80)82)67-27-21-23-31-81-33-29-35-83-45-59-92(81)83/h9-10,28-29,32-43,46-57,60-63,68-73,76H,1-2,11-27,30-31,44-45,58-59,64-67H2,3-8H3. The van der Waals surface area contributed by atoms with Crippen LogP contribution in [0.1, 0.15) is 252 Å². The van der Waals surface area contributed by atoms with Crippen molar-refractivity contribution in [3.63, 3.8) is 0 Å². The first-order valence-electron chi connectivity index (χ1n) is 42.2. The van der Waals surface area contributed by atoms with E-state index >= 15 is 0 Å². The van der Waals surface area contributed by atoms with Crippen molar-refractivity contribution in [3.8, 4) is 66.8 Å². The predicted molar refractivity (Wildman–Crippen MR) is 463 cm³/mol. The molecule has 0 bridgehead atoms. The Morgan fingerprint density at radius 2 is 0.685 bits per heavy atom. The molecule has 0 aliphatic heterocycles. The molecule has 11 aromatic carbocycles. The van der Waals surface area contributed by atoms with E-state index in [1.807, 2.05) is 0 Å². The first-order chi connectivity index (χ1) is 52.9. The molecule has 0 amide bonds. The van der Waals surface area contributed by atoms with Crippen LogP contribution in [0.3, 0.4) is 0 Å². The summed E-state index contributed by atoms with van der Waals surface area (Å²) in [6.07, 6.45) is 36.9. The van der Waals surface area contributed by atoms with Gasteiger partial charge in [-0.25, -0.2) is 0 Å². The van der Waals surface area contributed by atoms with E-state index < -0.39 is 0 Å². The van der Waals surface area contributed by atoms with Crippen LogP contribution in [0.25, 0.3) is 66.8 Å². The van der Waals surface area contributed by atoms with Crippen LogP contribution in [0.15, 0.2) is 244 Å². The summed E-state index contributed by atoms with van der Waals surface area (Å²) in [4.78, 5) is 2.46. The molecule has 1 atom stereocenters. The van der Waals surface area contributed by atoms with E-state index in [0.717, 1.165) is 49.2 Å². The van der Waals surface area contributed by atoms with Crippen molar-refractivity contribution >= 4 is 17.1 Å². The number of hydrogen-bond donors (Lipinski definition) is 0. The summed E-state index contributed by atoms with van der Waals surface area (Å²) in [7, 11) is 0. The van der Waals surface area contributed by atoms with Crippen molar-refractivity contribution in [1.82, 2.24) is 0 Å². The van der Waals surface area contributed by atoms with Gasteiger partial charge in [0.25, 0.3) is 0 Å². The van der Waals surface area contributed by atoms with Gasteiger partial charge in [0, 0.05) is 33.3 Å². The van der Waals surface area contributed by atoms with Gasteiger partial charge >= 0.3 is 0 Å². The summed E-state index contributed by atoms with van der Waals surface area (Å²) < 4.78 is 0. The van der Waals surface area contributed by atoms with Crippen molar-refractivity contribution in [2.24, 2.45) is 0 Å². The lowest BCUT2D eigenvalue weighted by molar-refractivity contribution is 0.400. The number of nitrogens with zero attached hydrogens (tertiary/aromatic N) is 1. The Labute approximate surface area is 648 Å². The van der Waals surface area contributed by atoms with Crippen molar-refractivity contribution in [2.75, 3.05) is 4.90 Å². The van der Waals surface area contributed by atoms with Crippen LogP contribution in [0.4, 0.5) is 17.1 Å². The summed E-state index contributed by atoms with van der Waals surface area (Å²) in [5, 5.41) is 0. The summed E-state index contributed by atoms with van der Waals surface area (Å²) in [5.41, 5.74) is 42.4. The minimum absolute atomic E-state index is 0.0417. The van der Waals surface area contributed by atoms with E-state index in [4.69, 9.17) is 0 Å². The molecule has 11 aromatic rings. The maximum Gasteiger partial charge on any atom is 0.0462 e. The maximum absolute atomic E-state index is 4.12.